The number of likely N-dealkylation sites (tertiary alicyclic amines) is 1. The number of benzene rings is 1. The molecule has 0 radical (unpaired) electrons. The van der Waals surface area contributed by atoms with Crippen molar-refractivity contribution in [1.82, 2.24) is 9.80 Å². The molecule has 7 nitrogen and oxygen atoms in total. The number of aliphatic hydroxyl groups is 2. The van der Waals surface area contributed by atoms with Crippen molar-refractivity contribution in [3.05, 3.63) is 45.8 Å². The van der Waals surface area contributed by atoms with Crippen LogP contribution in [0.2, 0.25) is 0 Å². The number of amides is 1. The summed E-state index contributed by atoms with van der Waals surface area (Å²) in [5, 5.41) is 30.2. The van der Waals surface area contributed by atoms with Crippen LogP contribution < -0.4 is 0 Å². The van der Waals surface area contributed by atoms with E-state index in [9.17, 15) is 24.9 Å². The number of fused-ring (bicyclic) bond motifs is 1. The van der Waals surface area contributed by atoms with Crippen molar-refractivity contribution in [2.45, 2.75) is 42.6 Å². The molecule has 1 aromatic rings. The number of rotatable bonds is 8. The van der Waals surface area contributed by atoms with Crippen molar-refractivity contribution in [2.75, 3.05) is 19.6 Å². The molecule has 1 aromatic carbocycles. The second kappa shape index (κ2) is 8.92. The zero-order valence-corrected chi connectivity index (χ0v) is 18.3. The maximum absolute atomic E-state index is 12.5. The molecule has 162 valence electrons. The SMILES string of the molecule is CC[C@H](O)[C@@H]1C(=O)N2C(C(=O)O)=C(S[C@H]3CCN(C[C@@H](O)c4ccccc4)C3)S[C@H]12. The number of hydrogen-bond acceptors (Lipinski definition) is 7. The predicted octanol–water partition coefficient (Wildman–Crippen LogP) is 2.08. The predicted molar refractivity (Wildman–Crippen MR) is 117 cm³/mol. The summed E-state index contributed by atoms with van der Waals surface area (Å²) in [6.45, 7) is 3.95. The van der Waals surface area contributed by atoms with E-state index in [0.29, 0.717) is 17.2 Å². The fourth-order valence-corrected chi connectivity index (χ4v) is 7.54. The Morgan fingerprint density at radius 2 is 2.03 bits per heavy atom. The van der Waals surface area contributed by atoms with Gasteiger partial charge < -0.3 is 15.3 Å². The van der Waals surface area contributed by atoms with Crippen molar-refractivity contribution in [3.63, 3.8) is 0 Å². The Hall–Kier alpha value is -1.52. The molecule has 0 bridgehead atoms. The lowest BCUT2D eigenvalue weighted by molar-refractivity contribution is -0.157. The van der Waals surface area contributed by atoms with Gasteiger partial charge in [0.05, 0.1) is 22.4 Å². The lowest BCUT2D eigenvalue weighted by atomic mass is 9.90. The topological polar surface area (TPSA) is 101 Å². The maximum atomic E-state index is 12.5. The van der Waals surface area contributed by atoms with Crippen molar-refractivity contribution in [3.8, 4) is 0 Å². The summed E-state index contributed by atoms with van der Waals surface area (Å²) in [5.74, 6) is -1.93. The molecule has 3 N–H and O–H groups in total. The molecule has 0 aliphatic carbocycles. The molecule has 3 aliphatic rings. The summed E-state index contributed by atoms with van der Waals surface area (Å²) in [6, 6.07) is 9.56. The number of thioether (sulfide) groups is 2. The Morgan fingerprint density at radius 1 is 1.30 bits per heavy atom. The van der Waals surface area contributed by atoms with E-state index in [2.05, 4.69) is 4.90 Å². The van der Waals surface area contributed by atoms with Crippen LogP contribution in [0, 0.1) is 5.92 Å². The number of β-lactam (4-membered cyclic amide) rings is 1. The van der Waals surface area contributed by atoms with Gasteiger partial charge in [0.25, 0.3) is 0 Å². The number of aliphatic hydroxyl groups excluding tert-OH is 2. The van der Waals surface area contributed by atoms with Crippen LogP contribution in [-0.4, -0.2) is 73.4 Å². The van der Waals surface area contributed by atoms with Crippen LogP contribution in [0.4, 0.5) is 0 Å². The summed E-state index contributed by atoms with van der Waals surface area (Å²) in [6.07, 6.45) is 0.0589. The third kappa shape index (κ3) is 4.01. The van der Waals surface area contributed by atoms with Gasteiger partial charge in [0.1, 0.15) is 5.37 Å². The van der Waals surface area contributed by atoms with Crippen LogP contribution in [0.15, 0.2) is 40.3 Å². The number of aliphatic carboxylic acids is 1. The Kier molecular flexibility index (Phi) is 6.45. The number of hydrogen-bond donors (Lipinski definition) is 3. The van der Waals surface area contributed by atoms with Crippen molar-refractivity contribution >= 4 is 35.4 Å². The minimum Gasteiger partial charge on any atom is -0.477 e. The standard InChI is InChI=1S/C21H26N2O5S2/c1-2-14(24)16-18(26)23-17(20(27)28)21(30-19(16)23)29-13-8-9-22(10-13)11-15(25)12-6-4-3-5-7-12/h3-7,13-16,19,24-25H,2,8-11H2,1H3,(H,27,28)/t13-,14-,15+,16+,19+/m0/s1. The highest BCUT2D eigenvalue weighted by molar-refractivity contribution is 8.23. The average Bonchev–Trinajstić information content (AvgIpc) is 3.31. The molecule has 2 fully saturated rings. The highest BCUT2D eigenvalue weighted by atomic mass is 32.2. The number of carbonyl (C=O) groups is 2. The fraction of sp³-hybridized carbons (Fsp3) is 0.524. The molecule has 4 rings (SSSR count). The monoisotopic (exact) mass is 450 g/mol. The first-order chi connectivity index (χ1) is 14.4. The summed E-state index contributed by atoms with van der Waals surface area (Å²) in [5.41, 5.74) is 0.946. The minimum absolute atomic E-state index is 0.0577. The van der Waals surface area contributed by atoms with Crippen LogP contribution in [0.3, 0.4) is 0 Å². The van der Waals surface area contributed by atoms with Gasteiger partial charge in [0.2, 0.25) is 5.91 Å². The zero-order chi connectivity index (χ0) is 21.4. The van der Waals surface area contributed by atoms with Gasteiger partial charge in [0, 0.05) is 18.3 Å². The van der Waals surface area contributed by atoms with E-state index in [1.54, 1.807) is 0 Å². The first-order valence-corrected chi connectivity index (χ1v) is 11.9. The largest absolute Gasteiger partial charge is 0.477 e. The molecule has 3 heterocycles. The van der Waals surface area contributed by atoms with Crippen LogP contribution >= 0.6 is 23.5 Å². The number of carboxylic acids is 1. The Labute approximate surface area is 184 Å². The van der Waals surface area contributed by atoms with Gasteiger partial charge in [-0.3, -0.25) is 14.6 Å². The average molecular weight is 451 g/mol. The second-order valence-corrected chi connectivity index (χ2v) is 10.6. The number of carbonyl (C=O) groups excluding carboxylic acids is 1. The van der Waals surface area contributed by atoms with E-state index in [-0.39, 0.29) is 22.2 Å². The van der Waals surface area contributed by atoms with Crippen LogP contribution in [0.5, 0.6) is 0 Å². The number of carboxylic acid groups (broad SMARTS) is 1. The van der Waals surface area contributed by atoms with E-state index >= 15 is 0 Å². The van der Waals surface area contributed by atoms with E-state index in [4.69, 9.17) is 0 Å². The van der Waals surface area contributed by atoms with E-state index in [1.165, 1.54) is 28.4 Å². The molecule has 0 saturated carbocycles. The summed E-state index contributed by atoms with van der Waals surface area (Å²) < 4.78 is 0.655. The second-order valence-electron chi connectivity index (χ2n) is 7.87. The molecular formula is C21H26N2O5S2. The van der Waals surface area contributed by atoms with E-state index < -0.39 is 24.1 Å². The third-order valence-electron chi connectivity index (χ3n) is 5.90. The van der Waals surface area contributed by atoms with Crippen molar-refractivity contribution < 1.29 is 24.9 Å². The van der Waals surface area contributed by atoms with Crippen LogP contribution in [0.25, 0.3) is 0 Å². The lowest BCUT2D eigenvalue weighted by Crippen LogP contribution is -2.61. The van der Waals surface area contributed by atoms with Gasteiger partial charge in [-0.05, 0) is 24.9 Å². The van der Waals surface area contributed by atoms with Gasteiger partial charge in [-0.25, -0.2) is 4.79 Å². The normalized spacial score (nSPS) is 28.4. The lowest BCUT2D eigenvalue weighted by Gasteiger charge is -2.44. The first kappa shape index (κ1) is 21.7. The van der Waals surface area contributed by atoms with Crippen LogP contribution in [-0.2, 0) is 9.59 Å². The Balaban J connectivity index is 1.38. The highest BCUT2D eigenvalue weighted by Gasteiger charge is 2.58. The smallest absolute Gasteiger partial charge is 0.354 e. The van der Waals surface area contributed by atoms with Crippen LogP contribution in [0.1, 0.15) is 31.4 Å². The van der Waals surface area contributed by atoms with Gasteiger partial charge in [-0.15, -0.1) is 11.8 Å². The molecular weight excluding hydrogens is 424 g/mol. The highest BCUT2D eigenvalue weighted by Crippen LogP contribution is 2.55. The van der Waals surface area contributed by atoms with E-state index in [1.807, 2.05) is 37.3 Å². The Bertz CT molecular complexity index is 849. The molecule has 1 amide bonds. The molecule has 0 unspecified atom stereocenters. The van der Waals surface area contributed by atoms with Gasteiger partial charge >= 0.3 is 5.97 Å². The molecule has 3 aliphatic heterocycles. The maximum Gasteiger partial charge on any atom is 0.354 e. The first-order valence-electron chi connectivity index (χ1n) is 10.2. The summed E-state index contributed by atoms with van der Waals surface area (Å²) >= 11 is 2.90. The number of nitrogens with zero attached hydrogens (tertiary/aromatic N) is 2. The molecule has 30 heavy (non-hydrogen) atoms. The molecule has 0 aromatic heterocycles. The molecule has 5 atom stereocenters. The molecule has 2 saturated heterocycles. The third-order valence-corrected chi connectivity index (χ3v) is 8.76. The van der Waals surface area contributed by atoms with Gasteiger partial charge in [0.15, 0.2) is 5.70 Å². The summed E-state index contributed by atoms with van der Waals surface area (Å²) in [4.78, 5) is 27.8. The van der Waals surface area contributed by atoms with Crippen molar-refractivity contribution in [2.24, 2.45) is 5.92 Å². The zero-order valence-electron chi connectivity index (χ0n) is 16.7. The minimum atomic E-state index is -1.10. The Morgan fingerprint density at radius 3 is 2.70 bits per heavy atom. The van der Waals surface area contributed by atoms with Gasteiger partial charge in [-0.1, -0.05) is 49.0 Å². The van der Waals surface area contributed by atoms with E-state index in [0.717, 1.165) is 25.1 Å². The molecule has 9 heteroatoms. The molecule has 0 spiro atoms. The van der Waals surface area contributed by atoms with Crippen molar-refractivity contribution in [1.29, 1.82) is 0 Å². The van der Waals surface area contributed by atoms with Gasteiger partial charge in [-0.2, -0.15) is 0 Å². The fourth-order valence-electron chi connectivity index (χ4n) is 4.23. The summed E-state index contributed by atoms with van der Waals surface area (Å²) in [7, 11) is 0. The number of β-amino-alcohol motifs (C(OH)–C–C–N with tert-alkyl or cyclic N) is 1. The quantitative estimate of drug-likeness (QED) is 0.518.